The summed E-state index contributed by atoms with van der Waals surface area (Å²) in [6.07, 6.45) is 0.507. The van der Waals surface area contributed by atoms with E-state index >= 15 is 0 Å². The molecule has 2 heterocycles. The van der Waals surface area contributed by atoms with Crippen LogP contribution in [0.3, 0.4) is 0 Å². The van der Waals surface area contributed by atoms with Crippen molar-refractivity contribution in [1.29, 1.82) is 0 Å². The zero-order chi connectivity index (χ0) is 35.5. The monoisotopic (exact) mass is 876 g/mol. The molecule has 7 nitrogen and oxygen atoms in total. The van der Waals surface area contributed by atoms with E-state index in [1.165, 1.54) is 22.7 Å². The standard InChI is InChI=1S/C14H19NO3Si.C14H21NO2Si.CH4.S8.S2/c1-19(2,3)9-8-18-10-15-12-7-5-4-6-11(12)13(16)14(15)17;1-18(2,3)9-8-17-11-15-13-7-5-4-6-12(13)10-14(15)16;;1-3-5-7-8-6-4-2;1-2/h4-7H,8-10H2,1-3H3;4-7H,8-11H2,1-3H3;1H4;;. The molecule has 48 heavy (non-hydrogen) atoms. The van der Waals surface area contributed by atoms with Gasteiger partial charge in [0, 0.05) is 133 Å². The summed E-state index contributed by atoms with van der Waals surface area (Å²) in [7, 11) is 6.94. The molecule has 2 amide bonds. The van der Waals surface area contributed by atoms with Crippen molar-refractivity contribution in [2.45, 2.75) is 65.2 Å². The number of ether oxygens (including phenoxy) is 2. The van der Waals surface area contributed by atoms with Gasteiger partial charge in [0.15, 0.2) is 0 Å². The van der Waals surface area contributed by atoms with E-state index in [-0.39, 0.29) is 20.1 Å². The first-order chi connectivity index (χ1) is 22.3. The second kappa shape index (κ2) is 25.5. The van der Waals surface area contributed by atoms with Crippen molar-refractivity contribution in [2.24, 2.45) is 0 Å². The zero-order valence-corrected chi connectivity index (χ0v) is 37.3. The fourth-order valence-corrected chi connectivity index (χ4v) is 16.4. The lowest BCUT2D eigenvalue weighted by atomic mass is 10.1. The number of amides is 2. The molecule has 2 aromatic rings. The molecule has 0 spiro atoms. The number of benzene rings is 2. The quantitative estimate of drug-likeness (QED) is 0.162. The number of nitrogens with zero attached hydrogens (tertiary/aromatic N) is 2. The van der Waals surface area contributed by atoms with Crippen LogP contribution in [0.2, 0.25) is 51.4 Å². The number of fused-ring (bicyclic) bond motifs is 2. The molecule has 2 aliphatic rings. The summed E-state index contributed by atoms with van der Waals surface area (Å²) in [4.78, 5) is 38.7. The van der Waals surface area contributed by atoms with E-state index in [1.54, 1.807) is 58.6 Å². The molecule has 2 aromatic carbocycles. The Bertz CT molecular complexity index is 1600. The number of ketones is 1. The predicted molar refractivity (Wildman–Crippen MR) is 234 cm³/mol. The van der Waals surface area contributed by atoms with Crippen LogP contribution in [0, 0.1) is 0 Å². The molecule has 2 aliphatic heterocycles. The van der Waals surface area contributed by atoms with Crippen LogP contribution in [-0.2, 0) is 124 Å². The molecule has 19 heteroatoms. The van der Waals surface area contributed by atoms with E-state index in [0.717, 1.165) is 29.9 Å². The highest BCUT2D eigenvalue weighted by Crippen LogP contribution is 2.29. The molecule has 0 N–H and O–H groups in total. The molecule has 0 saturated carbocycles. The molecular weight excluding hydrogens is 833 g/mol. The fraction of sp³-hybridized carbons (Fsp3) is 0.483. The third-order valence-electron chi connectivity index (χ3n) is 6.38. The van der Waals surface area contributed by atoms with Crippen LogP contribution >= 0.6 is 0 Å². The Morgan fingerprint density at radius 3 is 1.65 bits per heavy atom. The van der Waals surface area contributed by atoms with Gasteiger partial charge in [-0.3, -0.25) is 24.2 Å². The van der Waals surface area contributed by atoms with Crippen LogP contribution in [-0.4, -0.2) is 60.4 Å². The van der Waals surface area contributed by atoms with Crippen molar-refractivity contribution in [1.82, 2.24) is 0 Å². The van der Waals surface area contributed by atoms with Gasteiger partial charge in [-0.25, -0.2) is 0 Å². The first-order valence-corrected chi connectivity index (χ1v) is 32.3. The maximum Gasteiger partial charge on any atom is 0.301 e. The summed E-state index contributed by atoms with van der Waals surface area (Å²) in [5.74, 6) is -0.789. The van der Waals surface area contributed by atoms with Gasteiger partial charge in [0.05, 0.1) is 17.7 Å². The summed E-state index contributed by atoms with van der Waals surface area (Å²) in [5.41, 5.74) is 3.25. The first kappa shape index (κ1) is 47.6. The highest BCUT2D eigenvalue weighted by atomic mass is 33.4. The lowest BCUT2D eigenvalue weighted by molar-refractivity contribution is -0.118. The number of carbonyl (C=O) groups is 3. The lowest BCUT2D eigenvalue weighted by Crippen LogP contribution is -2.33. The van der Waals surface area contributed by atoms with Crippen LogP contribution in [0.15, 0.2) is 48.5 Å². The topological polar surface area (TPSA) is 76.2 Å². The van der Waals surface area contributed by atoms with Crippen molar-refractivity contribution in [3.8, 4) is 0 Å². The molecule has 0 aliphatic carbocycles. The van der Waals surface area contributed by atoms with Crippen LogP contribution < -0.4 is 9.80 Å². The number of hydrogen-bond donors (Lipinski definition) is 0. The Labute approximate surface area is 325 Å². The molecule has 0 saturated heterocycles. The van der Waals surface area contributed by atoms with Crippen molar-refractivity contribution in [3.63, 3.8) is 0 Å². The summed E-state index contributed by atoms with van der Waals surface area (Å²) >= 11 is 16.5. The fourth-order valence-electron chi connectivity index (χ4n) is 3.95. The number of para-hydroxylation sites is 2. The second-order valence-electron chi connectivity index (χ2n) is 12.3. The maximum atomic E-state index is 11.9. The van der Waals surface area contributed by atoms with E-state index in [9.17, 15) is 14.4 Å². The van der Waals surface area contributed by atoms with E-state index in [1.807, 2.05) is 30.3 Å². The Balaban J connectivity index is 0.000000714. The highest BCUT2D eigenvalue weighted by Gasteiger charge is 2.35. The van der Waals surface area contributed by atoms with Gasteiger partial charge < -0.3 is 9.47 Å². The zero-order valence-electron chi connectivity index (χ0n) is 27.1. The van der Waals surface area contributed by atoms with E-state index in [0.29, 0.717) is 31.0 Å². The van der Waals surface area contributed by atoms with Gasteiger partial charge in [-0.2, -0.15) is 0 Å². The largest absolute Gasteiger partial charge is 0.361 e. The summed E-state index contributed by atoms with van der Waals surface area (Å²) < 4.78 is 11.2. The molecule has 0 radical (unpaired) electrons. The van der Waals surface area contributed by atoms with Crippen LogP contribution in [0.4, 0.5) is 11.4 Å². The smallest absolute Gasteiger partial charge is 0.301 e. The van der Waals surface area contributed by atoms with Crippen molar-refractivity contribution in [3.05, 3.63) is 59.7 Å². The van der Waals surface area contributed by atoms with Crippen LogP contribution in [0.5, 0.6) is 0 Å². The maximum absolute atomic E-state index is 11.9. The molecule has 0 atom stereocenters. The van der Waals surface area contributed by atoms with E-state index in [2.05, 4.69) is 84.0 Å². The Kier molecular flexibility index (Phi) is 25.3. The van der Waals surface area contributed by atoms with E-state index in [4.69, 9.17) is 9.47 Å². The third-order valence-corrected chi connectivity index (χ3v) is 20.9. The van der Waals surface area contributed by atoms with Gasteiger partial charge in [0.25, 0.3) is 5.78 Å². The van der Waals surface area contributed by atoms with Crippen molar-refractivity contribution < 1.29 is 23.9 Å². The van der Waals surface area contributed by atoms with Crippen LogP contribution in [0.1, 0.15) is 23.3 Å². The molecule has 0 fully saturated rings. The number of Topliss-reactive ketones (excluding diaryl/α,β-unsaturated/α-hetero) is 1. The summed E-state index contributed by atoms with van der Waals surface area (Å²) in [6.45, 7) is 15.7. The van der Waals surface area contributed by atoms with Crippen molar-refractivity contribution in [2.75, 3.05) is 36.5 Å². The second-order valence-corrected chi connectivity index (χ2v) is 34.2. The van der Waals surface area contributed by atoms with Gasteiger partial charge >= 0.3 is 5.91 Å². The van der Waals surface area contributed by atoms with Gasteiger partial charge in [-0.15, -0.1) is 0 Å². The molecule has 268 valence electrons. The molecule has 0 bridgehead atoms. The number of anilines is 2. The number of carbonyl (C=O) groups excluding carboxylic acids is 3. The van der Waals surface area contributed by atoms with Gasteiger partial charge in [0.1, 0.15) is 13.5 Å². The lowest BCUT2D eigenvalue weighted by Gasteiger charge is -2.20. The molecule has 0 unspecified atom stereocenters. The normalized spacial score (nSPS) is 12.8. The molecular formula is C29H44N2O5S10Si2. The van der Waals surface area contributed by atoms with Crippen molar-refractivity contribution >= 4 is 143 Å². The predicted octanol–water partition coefficient (Wildman–Crippen LogP) is 6.03. The minimum Gasteiger partial charge on any atom is -0.361 e. The number of hydrogen-bond acceptors (Lipinski definition) is 9. The average Bonchev–Trinajstić information content (AvgIpc) is 3.48. The van der Waals surface area contributed by atoms with Gasteiger partial charge in [-0.1, -0.05) is 77.0 Å². The minimum absolute atomic E-state index is 0. The summed E-state index contributed by atoms with van der Waals surface area (Å²) in [5, 5.41) is 0. The minimum atomic E-state index is -1.13. The molecule has 4 rings (SSSR count). The average molecular weight is 878 g/mol. The Hall–Kier alpha value is -0.396. The van der Waals surface area contributed by atoms with Gasteiger partial charge in [0.2, 0.25) is 5.91 Å². The Morgan fingerprint density at radius 1 is 0.688 bits per heavy atom. The van der Waals surface area contributed by atoms with Crippen LogP contribution in [0.25, 0.3) is 0 Å². The first-order valence-electron chi connectivity index (χ1n) is 14.2. The molecule has 0 aromatic heterocycles. The van der Waals surface area contributed by atoms with Gasteiger partial charge in [-0.05, 0) is 35.9 Å². The van der Waals surface area contributed by atoms with E-state index < -0.39 is 27.8 Å². The third kappa shape index (κ3) is 18.2. The summed E-state index contributed by atoms with van der Waals surface area (Å²) in [6, 6.07) is 17.2. The SMILES string of the molecule is C.C[Si](C)(C)CCOCN1C(=O)C(=O)c2ccccc21.C[Si](C)(C)CCOCN1C(=O)Cc2ccccc21.S=S.S=S=S=S=S=S=S=S. The number of rotatable bonds is 10. The Morgan fingerprint density at radius 2 is 1.15 bits per heavy atom. The highest BCUT2D eigenvalue weighted by molar-refractivity contribution is 8.70.